The van der Waals surface area contributed by atoms with Crippen molar-refractivity contribution in [2.24, 2.45) is 5.41 Å². The lowest BCUT2D eigenvalue weighted by Crippen LogP contribution is -2.36. The van der Waals surface area contributed by atoms with Crippen molar-refractivity contribution in [2.45, 2.75) is 53.0 Å². The minimum Gasteiger partial charge on any atom is -0.345 e. The zero-order valence-electron chi connectivity index (χ0n) is 17.5. The summed E-state index contributed by atoms with van der Waals surface area (Å²) in [6.07, 6.45) is 0. The number of carbonyl (C=O) groups excluding carboxylic acids is 2. The number of hydroxylamine groups is 1. The summed E-state index contributed by atoms with van der Waals surface area (Å²) < 4.78 is 0. The molecule has 2 amide bonds. The first kappa shape index (κ1) is 21.6. The highest BCUT2D eigenvalue weighted by Crippen LogP contribution is 2.33. The summed E-state index contributed by atoms with van der Waals surface area (Å²) in [4.78, 5) is 24.4. The first-order valence-electron chi connectivity index (χ1n) is 9.39. The highest BCUT2D eigenvalue weighted by atomic mass is 16.5. The second kappa shape index (κ2) is 8.15. The quantitative estimate of drug-likeness (QED) is 0.533. The summed E-state index contributed by atoms with van der Waals surface area (Å²) in [5.74, 6) is -0.709. The molecule has 0 radical (unpaired) electrons. The number of rotatable bonds is 4. The summed E-state index contributed by atoms with van der Waals surface area (Å²) in [5.41, 5.74) is 4.44. The number of nitrogens with one attached hydrogen (secondary N) is 2. The Kier molecular flexibility index (Phi) is 6.30. The van der Waals surface area contributed by atoms with Gasteiger partial charge in [-0.25, -0.2) is 5.48 Å². The number of amides is 2. The van der Waals surface area contributed by atoms with E-state index in [0.29, 0.717) is 11.1 Å². The minimum atomic E-state index is -0.568. The van der Waals surface area contributed by atoms with Gasteiger partial charge in [-0.05, 0) is 46.2 Å². The monoisotopic (exact) mass is 382 g/mol. The Morgan fingerprint density at radius 2 is 1.25 bits per heavy atom. The summed E-state index contributed by atoms with van der Waals surface area (Å²) in [7, 11) is 0. The van der Waals surface area contributed by atoms with Crippen LogP contribution < -0.4 is 10.8 Å². The van der Waals surface area contributed by atoms with E-state index in [1.54, 1.807) is 29.7 Å². The normalized spacial score (nSPS) is 13.0. The van der Waals surface area contributed by atoms with Crippen LogP contribution in [0.1, 0.15) is 79.4 Å². The van der Waals surface area contributed by atoms with Crippen LogP contribution in [0.2, 0.25) is 0 Å². The lowest BCUT2D eigenvalue weighted by atomic mass is 9.82. The van der Waals surface area contributed by atoms with Gasteiger partial charge in [0.1, 0.15) is 0 Å². The van der Waals surface area contributed by atoms with Gasteiger partial charge in [0.05, 0.1) is 6.04 Å². The van der Waals surface area contributed by atoms with Crippen molar-refractivity contribution in [3.63, 3.8) is 0 Å². The predicted octanol–water partition coefficient (Wildman–Crippen LogP) is 4.62. The van der Waals surface area contributed by atoms with Crippen molar-refractivity contribution < 1.29 is 14.8 Å². The standard InChI is InChI=1S/C23H30N2O3/c1-22(2,3)18-13-11-16(12-14-18)20(26)24-19(23(4,5)6)15-7-9-17(10-8-15)21(27)25-28/h7-14,19,28H,1-6H3,(H,24,26)(H,25,27). The molecule has 0 spiro atoms. The van der Waals surface area contributed by atoms with Crippen molar-refractivity contribution in [1.29, 1.82) is 0 Å². The van der Waals surface area contributed by atoms with Gasteiger partial charge < -0.3 is 5.32 Å². The van der Waals surface area contributed by atoms with Crippen LogP contribution >= 0.6 is 0 Å². The fourth-order valence-electron chi connectivity index (χ4n) is 3.03. The van der Waals surface area contributed by atoms with Gasteiger partial charge in [0, 0.05) is 11.1 Å². The average molecular weight is 383 g/mol. The molecule has 28 heavy (non-hydrogen) atoms. The second-order valence-corrected chi connectivity index (χ2v) is 9.16. The molecule has 0 bridgehead atoms. The molecule has 2 aromatic carbocycles. The van der Waals surface area contributed by atoms with Gasteiger partial charge >= 0.3 is 0 Å². The first-order valence-corrected chi connectivity index (χ1v) is 9.39. The minimum absolute atomic E-state index is 0.0333. The summed E-state index contributed by atoms with van der Waals surface area (Å²) in [6, 6.07) is 14.3. The van der Waals surface area contributed by atoms with E-state index in [9.17, 15) is 9.59 Å². The maximum atomic E-state index is 12.8. The van der Waals surface area contributed by atoms with Crippen LogP contribution in [0.15, 0.2) is 48.5 Å². The third-order valence-electron chi connectivity index (χ3n) is 4.76. The van der Waals surface area contributed by atoms with Crippen molar-refractivity contribution >= 4 is 11.8 Å². The fourth-order valence-corrected chi connectivity index (χ4v) is 3.03. The Balaban J connectivity index is 2.25. The zero-order valence-corrected chi connectivity index (χ0v) is 17.5. The predicted molar refractivity (Wildman–Crippen MR) is 110 cm³/mol. The average Bonchev–Trinajstić information content (AvgIpc) is 2.64. The molecule has 5 heteroatoms. The number of carbonyl (C=O) groups is 2. The van der Waals surface area contributed by atoms with Crippen LogP contribution in [0.25, 0.3) is 0 Å². The molecule has 0 aliphatic carbocycles. The highest BCUT2D eigenvalue weighted by molar-refractivity contribution is 5.95. The Labute approximate surface area is 167 Å². The molecule has 0 saturated heterocycles. The van der Waals surface area contributed by atoms with Gasteiger partial charge in [-0.1, -0.05) is 65.8 Å². The lowest BCUT2D eigenvalue weighted by Gasteiger charge is -2.32. The Hall–Kier alpha value is -2.66. The molecular weight excluding hydrogens is 352 g/mol. The van der Waals surface area contributed by atoms with E-state index in [4.69, 9.17) is 5.21 Å². The molecule has 2 aromatic rings. The molecule has 0 aliphatic heterocycles. The van der Waals surface area contributed by atoms with Gasteiger partial charge in [0.2, 0.25) is 0 Å². The van der Waals surface area contributed by atoms with E-state index in [0.717, 1.165) is 5.56 Å². The molecule has 0 heterocycles. The number of hydrogen-bond acceptors (Lipinski definition) is 3. The SMILES string of the molecule is CC(C)(C)c1ccc(C(=O)NC(c2ccc(C(=O)NO)cc2)C(C)(C)C)cc1. The molecule has 2 rings (SSSR count). The smallest absolute Gasteiger partial charge is 0.274 e. The summed E-state index contributed by atoms with van der Waals surface area (Å²) in [5, 5.41) is 11.9. The van der Waals surface area contributed by atoms with Crippen LogP contribution in [0.3, 0.4) is 0 Å². The first-order chi connectivity index (χ1) is 12.9. The molecule has 5 nitrogen and oxygen atoms in total. The van der Waals surface area contributed by atoms with Gasteiger partial charge in [-0.15, -0.1) is 0 Å². The molecule has 0 saturated carbocycles. The van der Waals surface area contributed by atoms with E-state index in [1.165, 1.54) is 5.56 Å². The van der Waals surface area contributed by atoms with Crippen LogP contribution in [-0.4, -0.2) is 17.0 Å². The van der Waals surface area contributed by atoms with Crippen molar-refractivity contribution in [3.05, 3.63) is 70.8 Å². The Morgan fingerprint density at radius 1 is 0.786 bits per heavy atom. The molecule has 0 fully saturated rings. The number of hydrogen-bond donors (Lipinski definition) is 3. The van der Waals surface area contributed by atoms with E-state index in [1.807, 2.05) is 24.3 Å². The third kappa shape index (κ3) is 5.20. The maximum Gasteiger partial charge on any atom is 0.274 e. The lowest BCUT2D eigenvalue weighted by molar-refractivity contribution is 0.0706. The van der Waals surface area contributed by atoms with Gasteiger partial charge in [0.25, 0.3) is 11.8 Å². The van der Waals surface area contributed by atoms with Crippen LogP contribution in [0.5, 0.6) is 0 Å². The maximum absolute atomic E-state index is 12.8. The molecule has 0 aromatic heterocycles. The van der Waals surface area contributed by atoms with E-state index >= 15 is 0 Å². The van der Waals surface area contributed by atoms with E-state index < -0.39 is 5.91 Å². The Bertz CT molecular complexity index is 826. The van der Waals surface area contributed by atoms with Crippen molar-refractivity contribution in [3.8, 4) is 0 Å². The van der Waals surface area contributed by atoms with E-state index in [-0.39, 0.29) is 22.8 Å². The van der Waals surface area contributed by atoms with Gasteiger partial charge in [-0.2, -0.15) is 0 Å². The third-order valence-corrected chi connectivity index (χ3v) is 4.76. The summed E-state index contributed by atoms with van der Waals surface area (Å²) in [6.45, 7) is 12.6. The van der Waals surface area contributed by atoms with Gasteiger partial charge in [0.15, 0.2) is 0 Å². The topological polar surface area (TPSA) is 78.4 Å². The van der Waals surface area contributed by atoms with Crippen molar-refractivity contribution in [2.75, 3.05) is 0 Å². The molecule has 1 unspecified atom stereocenters. The largest absolute Gasteiger partial charge is 0.345 e. The molecule has 1 atom stereocenters. The Morgan fingerprint density at radius 3 is 1.68 bits per heavy atom. The van der Waals surface area contributed by atoms with Crippen molar-refractivity contribution in [1.82, 2.24) is 10.8 Å². The molecule has 0 aliphatic rings. The van der Waals surface area contributed by atoms with Crippen LogP contribution in [0, 0.1) is 5.41 Å². The second-order valence-electron chi connectivity index (χ2n) is 9.16. The molecular formula is C23H30N2O3. The molecule has 150 valence electrons. The van der Waals surface area contributed by atoms with E-state index in [2.05, 4.69) is 46.9 Å². The van der Waals surface area contributed by atoms with Crippen LogP contribution in [0.4, 0.5) is 0 Å². The van der Waals surface area contributed by atoms with Gasteiger partial charge in [-0.3, -0.25) is 14.8 Å². The van der Waals surface area contributed by atoms with Crippen LogP contribution in [-0.2, 0) is 5.41 Å². The summed E-state index contributed by atoms with van der Waals surface area (Å²) >= 11 is 0. The molecule has 3 N–H and O–H groups in total. The number of benzene rings is 2. The zero-order chi connectivity index (χ0) is 21.1. The highest BCUT2D eigenvalue weighted by Gasteiger charge is 2.28. The fraction of sp³-hybridized carbons (Fsp3) is 0.391.